The van der Waals surface area contributed by atoms with Crippen molar-refractivity contribution in [1.82, 2.24) is 0 Å². The lowest BCUT2D eigenvalue weighted by molar-refractivity contribution is 0.473. The Morgan fingerprint density at radius 1 is 1.23 bits per heavy atom. The quantitative estimate of drug-likeness (QED) is 0.590. The molecule has 0 radical (unpaired) electrons. The average Bonchev–Trinajstić information content (AvgIpc) is 2.16. The van der Waals surface area contributed by atoms with Crippen LogP contribution in [0.5, 0.6) is 5.75 Å². The number of nitriles is 2. The minimum absolute atomic E-state index is 0.0787. The summed E-state index contributed by atoms with van der Waals surface area (Å²) in [6, 6.07) is 7.82. The molecule has 13 heavy (non-hydrogen) atoms. The third-order valence-corrected chi connectivity index (χ3v) is 1.38. The van der Waals surface area contributed by atoms with E-state index >= 15 is 0 Å². The van der Waals surface area contributed by atoms with Crippen LogP contribution in [0.15, 0.2) is 18.2 Å². The SMILES string of the molecule is N#CC#Cc1ccc(O)c(C#N)c1. The molecule has 0 atom stereocenters. The summed E-state index contributed by atoms with van der Waals surface area (Å²) in [6.45, 7) is 0. The largest absolute Gasteiger partial charge is 0.507 e. The Balaban J connectivity index is 3.18. The predicted octanol–water partition coefficient (Wildman–Crippen LogP) is 1.14. The smallest absolute Gasteiger partial charge is 0.152 e. The van der Waals surface area contributed by atoms with Gasteiger partial charge < -0.3 is 5.11 Å². The van der Waals surface area contributed by atoms with E-state index in [2.05, 4.69) is 11.8 Å². The number of nitrogens with zero attached hydrogens (tertiary/aromatic N) is 2. The van der Waals surface area contributed by atoms with Crippen molar-refractivity contribution in [3.8, 4) is 29.7 Å². The van der Waals surface area contributed by atoms with E-state index in [9.17, 15) is 0 Å². The fraction of sp³-hybridized carbons (Fsp3) is 0. The molecule has 0 aliphatic rings. The first-order valence-electron chi connectivity index (χ1n) is 3.41. The lowest BCUT2D eigenvalue weighted by Crippen LogP contribution is -1.79. The summed E-state index contributed by atoms with van der Waals surface area (Å²) in [7, 11) is 0. The van der Waals surface area contributed by atoms with Gasteiger partial charge in [0.2, 0.25) is 0 Å². The van der Waals surface area contributed by atoms with Gasteiger partial charge in [-0.25, -0.2) is 0 Å². The van der Waals surface area contributed by atoms with Gasteiger partial charge in [-0.05, 0) is 18.2 Å². The Hall–Kier alpha value is -2.44. The molecule has 1 aromatic carbocycles. The van der Waals surface area contributed by atoms with Crippen LogP contribution in [-0.4, -0.2) is 5.11 Å². The van der Waals surface area contributed by atoms with E-state index in [1.807, 2.05) is 6.07 Å². The first-order valence-corrected chi connectivity index (χ1v) is 3.41. The van der Waals surface area contributed by atoms with Gasteiger partial charge in [-0.15, -0.1) is 0 Å². The van der Waals surface area contributed by atoms with Crippen molar-refractivity contribution in [2.24, 2.45) is 0 Å². The summed E-state index contributed by atoms with van der Waals surface area (Å²) in [5, 5.41) is 25.8. The summed E-state index contributed by atoms with van der Waals surface area (Å²) < 4.78 is 0. The van der Waals surface area contributed by atoms with Crippen molar-refractivity contribution in [2.45, 2.75) is 0 Å². The average molecular weight is 168 g/mol. The first kappa shape index (κ1) is 8.65. The zero-order valence-electron chi connectivity index (χ0n) is 6.57. The molecule has 0 saturated heterocycles. The van der Waals surface area contributed by atoms with Gasteiger partial charge in [0, 0.05) is 11.5 Å². The highest BCUT2D eigenvalue weighted by molar-refractivity contribution is 5.49. The molecule has 0 fully saturated rings. The van der Waals surface area contributed by atoms with Crippen molar-refractivity contribution in [3.63, 3.8) is 0 Å². The summed E-state index contributed by atoms with van der Waals surface area (Å²) >= 11 is 0. The number of rotatable bonds is 0. The molecule has 0 unspecified atom stereocenters. The van der Waals surface area contributed by atoms with E-state index in [1.54, 1.807) is 12.1 Å². The van der Waals surface area contributed by atoms with Crippen molar-refractivity contribution >= 4 is 0 Å². The van der Waals surface area contributed by atoms with Crippen molar-refractivity contribution in [1.29, 1.82) is 10.5 Å². The molecule has 0 spiro atoms. The number of aromatic hydroxyl groups is 1. The predicted molar refractivity (Wildman–Crippen MR) is 45.3 cm³/mol. The van der Waals surface area contributed by atoms with Gasteiger partial charge in [0.15, 0.2) is 6.07 Å². The molecule has 1 N–H and O–H groups in total. The normalized spacial score (nSPS) is 7.54. The van der Waals surface area contributed by atoms with E-state index in [1.165, 1.54) is 12.1 Å². The van der Waals surface area contributed by atoms with Crippen molar-refractivity contribution < 1.29 is 5.11 Å². The Morgan fingerprint density at radius 2 is 2.00 bits per heavy atom. The maximum atomic E-state index is 9.12. The topological polar surface area (TPSA) is 67.8 Å². The highest BCUT2D eigenvalue weighted by atomic mass is 16.3. The summed E-state index contributed by atoms with van der Waals surface area (Å²) in [4.78, 5) is 0. The van der Waals surface area contributed by atoms with Crippen LogP contribution >= 0.6 is 0 Å². The summed E-state index contributed by atoms with van der Waals surface area (Å²) in [5.41, 5.74) is 0.695. The molecule has 0 heterocycles. The van der Waals surface area contributed by atoms with Crippen LogP contribution in [0.2, 0.25) is 0 Å². The van der Waals surface area contributed by atoms with Crippen LogP contribution in [0, 0.1) is 34.5 Å². The molecule has 0 amide bonds. The zero-order chi connectivity index (χ0) is 9.68. The third-order valence-electron chi connectivity index (χ3n) is 1.38. The molecule has 0 saturated carbocycles. The van der Waals surface area contributed by atoms with Crippen LogP contribution in [0.25, 0.3) is 0 Å². The van der Waals surface area contributed by atoms with E-state index in [0.717, 1.165) is 0 Å². The Kier molecular flexibility index (Phi) is 2.54. The Morgan fingerprint density at radius 3 is 2.62 bits per heavy atom. The first-order chi connectivity index (χ1) is 6.27. The van der Waals surface area contributed by atoms with Crippen LogP contribution in [0.4, 0.5) is 0 Å². The lowest BCUT2D eigenvalue weighted by Gasteiger charge is -1.94. The van der Waals surface area contributed by atoms with Gasteiger partial charge in [-0.2, -0.15) is 10.5 Å². The standard InChI is InChI=1S/C10H4N2O/c11-5-1-2-8-3-4-10(13)9(6-8)7-12/h3-4,6,13H. The van der Waals surface area contributed by atoms with Gasteiger partial charge in [-0.3, -0.25) is 0 Å². The second-order valence-electron chi connectivity index (χ2n) is 2.21. The highest BCUT2D eigenvalue weighted by Crippen LogP contribution is 2.16. The number of phenolic OH excluding ortho intramolecular Hbond substituents is 1. The number of phenols is 1. The number of benzene rings is 1. The minimum atomic E-state index is -0.0787. The molecule has 0 aromatic heterocycles. The van der Waals surface area contributed by atoms with E-state index < -0.39 is 0 Å². The van der Waals surface area contributed by atoms with Gasteiger partial charge in [0.1, 0.15) is 11.8 Å². The van der Waals surface area contributed by atoms with Crippen molar-refractivity contribution in [3.05, 3.63) is 29.3 Å². The highest BCUT2D eigenvalue weighted by Gasteiger charge is 1.98. The molecule has 1 rings (SSSR count). The molecule has 60 valence electrons. The molecule has 0 bridgehead atoms. The van der Waals surface area contributed by atoms with E-state index in [4.69, 9.17) is 15.6 Å². The van der Waals surface area contributed by atoms with E-state index in [0.29, 0.717) is 5.56 Å². The van der Waals surface area contributed by atoms with Gasteiger partial charge in [0.25, 0.3) is 0 Å². The van der Waals surface area contributed by atoms with Crippen LogP contribution in [0.3, 0.4) is 0 Å². The fourth-order valence-corrected chi connectivity index (χ4v) is 0.803. The molecular formula is C10H4N2O. The van der Waals surface area contributed by atoms with Crippen LogP contribution in [-0.2, 0) is 0 Å². The molecule has 3 heteroatoms. The second kappa shape index (κ2) is 3.81. The zero-order valence-corrected chi connectivity index (χ0v) is 6.57. The molecule has 3 nitrogen and oxygen atoms in total. The summed E-state index contributed by atoms with van der Waals surface area (Å²) in [6.07, 6.45) is 0. The maximum absolute atomic E-state index is 9.12. The molecule has 1 aromatic rings. The molecule has 0 aliphatic carbocycles. The lowest BCUT2D eigenvalue weighted by atomic mass is 10.1. The second-order valence-corrected chi connectivity index (χ2v) is 2.21. The van der Waals surface area contributed by atoms with Crippen molar-refractivity contribution in [2.75, 3.05) is 0 Å². The number of hydrogen-bond acceptors (Lipinski definition) is 3. The molecular weight excluding hydrogens is 164 g/mol. The molecule has 0 aliphatic heterocycles. The Bertz CT molecular complexity index is 466. The summed E-state index contributed by atoms with van der Waals surface area (Å²) in [5.74, 6) is 4.64. The van der Waals surface area contributed by atoms with Gasteiger partial charge in [0.05, 0.1) is 5.56 Å². The number of hydrogen-bond donors (Lipinski definition) is 1. The minimum Gasteiger partial charge on any atom is -0.507 e. The third kappa shape index (κ3) is 1.99. The fourth-order valence-electron chi connectivity index (χ4n) is 0.803. The Labute approximate surface area is 75.5 Å². The van der Waals surface area contributed by atoms with Crippen LogP contribution < -0.4 is 0 Å². The maximum Gasteiger partial charge on any atom is 0.152 e. The van der Waals surface area contributed by atoms with Crippen LogP contribution in [0.1, 0.15) is 11.1 Å². The van der Waals surface area contributed by atoms with E-state index in [-0.39, 0.29) is 11.3 Å². The van der Waals surface area contributed by atoms with Gasteiger partial charge >= 0.3 is 0 Å². The monoisotopic (exact) mass is 168 g/mol. The van der Waals surface area contributed by atoms with Gasteiger partial charge in [-0.1, -0.05) is 5.92 Å².